The molecule has 1 atom stereocenters. The lowest BCUT2D eigenvalue weighted by Crippen LogP contribution is -2.30. The van der Waals surface area contributed by atoms with Crippen LogP contribution in [-0.2, 0) is 11.3 Å². The van der Waals surface area contributed by atoms with E-state index in [9.17, 15) is 9.59 Å². The number of likely N-dealkylation sites (tertiary alicyclic amines) is 1. The predicted octanol–water partition coefficient (Wildman–Crippen LogP) is 2.10. The number of pyridine rings is 2. The molecule has 0 aromatic carbocycles. The minimum Gasteiger partial charge on any atom is -0.481 e. The Balaban J connectivity index is 1.78. The Labute approximate surface area is 152 Å². The van der Waals surface area contributed by atoms with E-state index in [1.54, 1.807) is 31.6 Å². The monoisotopic (exact) mass is 354 g/mol. The minimum atomic E-state index is -0.0955. The molecule has 1 saturated heterocycles. The standard InChI is InChI=1S/C19H22N4O3/c1-13(24)21-12-16-10-14(7-8-20-16)17-4-3-9-23(17)19(25)15-5-6-18(26-2)22-11-15/h5-8,10-11,17H,3-4,9,12H2,1-2H3,(H,21,24). The number of methoxy groups -OCH3 is 1. The van der Waals surface area contributed by atoms with Crippen LogP contribution in [0.15, 0.2) is 36.7 Å². The topological polar surface area (TPSA) is 84.4 Å². The van der Waals surface area contributed by atoms with Crippen molar-refractivity contribution < 1.29 is 14.3 Å². The molecule has 2 aromatic heterocycles. The third-order valence-corrected chi connectivity index (χ3v) is 4.45. The number of hydrogen-bond donors (Lipinski definition) is 1. The van der Waals surface area contributed by atoms with Crippen molar-refractivity contribution >= 4 is 11.8 Å². The number of aromatic nitrogens is 2. The summed E-state index contributed by atoms with van der Waals surface area (Å²) in [6.07, 6.45) is 5.12. The van der Waals surface area contributed by atoms with Gasteiger partial charge in [-0.05, 0) is 36.6 Å². The summed E-state index contributed by atoms with van der Waals surface area (Å²) in [5.41, 5.74) is 2.36. The molecule has 0 bridgehead atoms. The van der Waals surface area contributed by atoms with Gasteiger partial charge in [-0.3, -0.25) is 14.6 Å². The van der Waals surface area contributed by atoms with E-state index in [4.69, 9.17) is 4.74 Å². The Morgan fingerprint density at radius 3 is 2.85 bits per heavy atom. The van der Waals surface area contributed by atoms with Gasteiger partial charge in [0.1, 0.15) is 0 Å². The number of nitrogens with zero attached hydrogens (tertiary/aromatic N) is 3. The molecule has 2 amide bonds. The predicted molar refractivity (Wildman–Crippen MR) is 95.6 cm³/mol. The molecule has 1 unspecified atom stereocenters. The fourth-order valence-electron chi connectivity index (χ4n) is 3.17. The van der Waals surface area contributed by atoms with Gasteiger partial charge in [0.25, 0.3) is 5.91 Å². The van der Waals surface area contributed by atoms with Crippen molar-refractivity contribution in [1.82, 2.24) is 20.2 Å². The second-order valence-electron chi connectivity index (χ2n) is 6.24. The Morgan fingerprint density at radius 2 is 2.15 bits per heavy atom. The molecule has 0 spiro atoms. The number of carbonyl (C=O) groups excluding carboxylic acids is 2. The van der Waals surface area contributed by atoms with E-state index < -0.39 is 0 Å². The smallest absolute Gasteiger partial charge is 0.255 e. The summed E-state index contributed by atoms with van der Waals surface area (Å²) in [5, 5.41) is 2.75. The normalized spacial score (nSPS) is 16.4. The number of carbonyl (C=O) groups is 2. The SMILES string of the molecule is COc1ccc(C(=O)N2CCCC2c2ccnc(CNC(C)=O)c2)cn1. The molecule has 7 heteroatoms. The van der Waals surface area contributed by atoms with Crippen LogP contribution in [0.25, 0.3) is 0 Å². The molecule has 1 fully saturated rings. The van der Waals surface area contributed by atoms with Gasteiger partial charge in [0, 0.05) is 31.9 Å². The highest BCUT2D eigenvalue weighted by Gasteiger charge is 2.31. The highest BCUT2D eigenvalue weighted by Crippen LogP contribution is 2.33. The van der Waals surface area contributed by atoms with E-state index in [0.29, 0.717) is 24.5 Å². The van der Waals surface area contributed by atoms with Crippen LogP contribution in [-0.4, -0.2) is 40.3 Å². The lowest BCUT2D eigenvalue weighted by atomic mass is 10.0. The summed E-state index contributed by atoms with van der Waals surface area (Å²) >= 11 is 0. The van der Waals surface area contributed by atoms with Gasteiger partial charge < -0.3 is 15.0 Å². The molecule has 1 aliphatic heterocycles. The van der Waals surface area contributed by atoms with E-state index in [0.717, 1.165) is 24.1 Å². The van der Waals surface area contributed by atoms with Crippen LogP contribution < -0.4 is 10.1 Å². The molecule has 26 heavy (non-hydrogen) atoms. The maximum Gasteiger partial charge on any atom is 0.255 e. The zero-order valence-corrected chi connectivity index (χ0v) is 14.9. The van der Waals surface area contributed by atoms with E-state index in [1.807, 2.05) is 17.0 Å². The highest BCUT2D eigenvalue weighted by molar-refractivity contribution is 5.94. The van der Waals surface area contributed by atoms with Crippen molar-refractivity contribution in [2.75, 3.05) is 13.7 Å². The lowest BCUT2D eigenvalue weighted by Gasteiger charge is -2.25. The average molecular weight is 354 g/mol. The molecule has 0 saturated carbocycles. The third-order valence-electron chi connectivity index (χ3n) is 4.45. The van der Waals surface area contributed by atoms with Gasteiger partial charge in [-0.15, -0.1) is 0 Å². The zero-order valence-electron chi connectivity index (χ0n) is 14.9. The van der Waals surface area contributed by atoms with Crippen LogP contribution in [0.2, 0.25) is 0 Å². The van der Waals surface area contributed by atoms with Crippen molar-refractivity contribution in [3.05, 3.63) is 53.5 Å². The van der Waals surface area contributed by atoms with Gasteiger partial charge >= 0.3 is 0 Å². The molecule has 0 radical (unpaired) electrons. The Morgan fingerprint density at radius 1 is 1.31 bits per heavy atom. The average Bonchev–Trinajstić information content (AvgIpc) is 3.16. The fourth-order valence-corrected chi connectivity index (χ4v) is 3.17. The van der Waals surface area contributed by atoms with Crippen LogP contribution in [0.4, 0.5) is 0 Å². The van der Waals surface area contributed by atoms with Gasteiger partial charge in [0.15, 0.2) is 0 Å². The van der Waals surface area contributed by atoms with E-state index in [1.165, 1.54) is 6.92 Å². The first-order valence-electron chi connectivity index (χ1n) is 8.59. The maximum absolute atomic E-state index is 12.9. The number of amides is 2. The number of hydrogen-bond acceptors (Lipinski definition) is 5. The second kappa shape index (κ2) is 7.95. The molecular formula is C19H22N4O3. The van der Waals surface area contributed by atoms with Crippen LogP contribution in [0.1, 0.15) is 47.4 Å². The molecule has 0 aliphatic carbocycles. The highest BCUT2D eigenvalue weighted by atomic mass is 16.5. The third kappa shape index (κ3) is 3.99. The van der Waals surface area contributed by atoms with Crippen LogP contribution in [0.3, 0.4) is 0 Å². The van der Waals surface area contributed by atoms with Crippen molar-refractivity contribution in [3.8, 4) is 5.88 Å². The first-order chi connectivity index (χ1) is 12.6. The molecule has 3 rings (SSSR count). The first kappa shape index (κ1) is 17.8. The molecule has 136 valence electrons. The minimum absolute atomic E-state index is 0.00341. The largest absolute Gasteiger partial charge is 0.481 e. The zero-order chi connectivity index (χ0) is 18.5. The van der Waals surface area contributed by atoms with Crippen LogP contribution in [0.5, 0.6) is 5.88 Å². The van der Waals surface area contributed by atoms with Gasteiger partial charge in [0.05, 0.1) is 31.0 Å². The number of nitrogens with one attached hydrogen (secondary N) is 1. The van der Waals surface area contributed by atoms with Crippen molar-refractivity contribution in [1.29, 1.82) is 0 Å². The summed E-state index contributed by atoms with van der Waals surface area (Å²) in [4.78, 5) is 34.3. The van der Waals surface area contributed by atoms with E-state index in [2.05, 4.69) is 15.3 Å². The fraction of sp³-hybridized carbons (Fsp3) is 0.368. The van der Waals surface area contributed by atoms with Crippen molar-refractivity contribution in [3.63, 3.8) is 0 Å². The van der Waals surface area contributed by atoms with Crippen molar-refractivity contribution in [2.45, 2.75) is 32.4 Å². The summed E-state index contributed by atoms with van der Waals surface area (Å²) < 4.78 is 5.04. The second-order valence-corrected chi connectivity index (χ2v) is 6.24. The number of rotatable bonds is 5. The molecule has 1 N–H and O–H groups in total. The molecule has 3 heterocycles. The Hall–Kier alpha value is -2.96. The quantitative estimate of drug-likeness (QED) is 0.889. The van der Waals surface area contributed by atoms with Gasteiger partial charge in [-0.25, -0.2) is 4.98 Å². The van der Waals surface area contributed by atoms with Crippen LogP contribution in [0, 0.1) is 0 Å². The van der Waals surface area contributed by atoms with Gasteiger partial charge in [0.2, 0.25) is 11.8 Å². The Kier molecular flexibility index (Phi) is 5.46. The molecular weight excluding hydrogens is 332 g/mol. The molecule has 7 nitrogen and oxygen atoms in total. The maximum atomic E-state index is 12.9. The van der Waals surface area contributed by atoms with Crippen LogP contribution >= 0.6 is 0 Å². The van der Waals surface area contributed by atoms with Gasteiger partial charge in [-0.2, -0.15) is 0 Å². The summed E-state index contributed by atoms with van der Waals surface area (Å²) in [6, 6.07) is 7.32. The summed E-state index contributed by atoms with van der Waals surface area (Å²) in [5.74, 6) is 0.348. The first-order valence-corrected chi connectivity index (χ1v) is 8.59. The van der Waals surface area contributed by atoms with E-state index >= 15 is 0 Å². The molecule has 2 aromatic rings. The Bertz CT molecular complexity index is 792. The molecule has 1 aliphatic rings. The number of ether oxygens (including phenoxy) is 1. The summed E-state index contributed by atoms with van der Waals surface area (Å²) in [6.45, 7) is 2.56. The van der Waals surface area contributed by atoms with E-state index in [-0.39, 0.29) is 17.9 Å². The summed E-state index contributed by atoms with van der Waals surface area (Å²) in [7, 11) is 1.54. The lowest BCUT2D eigenvalue weighted by molar-refractivity contribution is -0.119. The van der Waals surface area contributed by atoms with Crippen molar-refractivity contribution in [2.24, 2.45) is 0 Å². The van der Waals surface area contributed by atoms with Gasteiger partial charge in [-0.1, -0.05) is 0 Å².